The summed E-state index contributed by atoms with van der Waals surface area (Å²) in [5, 5.41) is 6.25. The smallest absolute Gasteiger partial charge is 0.276 e. The first-order valence-corrected chi connectivity index (χ1v) is 12.7. The number of benzene rings is 2. The third-order valence-electron chi connectivity index (χ3n) is 6.84. The predicted molar refractivity (Wildman–Crippen MR) is 140 cm³/mol. The quantitative estimate of drug-likeness (QED) is 0.421. The fourth-order valence-electron chi connectivity index (χ4n) is 5.10. The van der Waals surface area contributed by atoms with E-state index in [1.807, 2.05) is 43.0 Å². The Morgan fingerprint density at radius 2 is 1.94 bits per heavy atom. The first-order chi connectivity index (χ1) is 16.4. The minimum atomic E-state index is -0.605. The summed E-state index contributed by atoms with van der Waals surface area (Å²) in [5.74, 6) is -0.0221. The van der Waals surface area contributed by atoms with Crippen molar-refractivity contribution in [2.75, 3.05) is 24.5 Å². The van der Waals surface area contributed by atoms with Gasteiger partial charge in [-0.3, -0.25) is 9.59 Å². The van der Waals surface area contributed by atoms with E-state index in [1.54, 1.807) is 11.3 Å². The van der Waals surface area contributed by atoms with Crippen LogP contribution in [0.1, 0.15) is 37.6 Å². The number of amides is 1. The summed E-state index contributed by atoms with van der Waals surface area (Å²) in [7, 11) is 0. The highest BCUT2D eigenvalue weighted by Gasteiger charge is 2.32. The van der Waals surface area contributed by atoms with Gasteiger partial charge in [0.25, 0.3) is 5.56 Å². The zero-order valence-electron chi connectivity index (χ0n) is 20.1. The molecule has 0 saturated carbocycles. The summed E-state index contributed by atoms with van der Waals surface area (Å²) in [4.78, 5) is 31.6. The van der Waals surface area contributed by atoms with E-state index in [0.29, 0.717) is 24.9 Å². The second kappa shape index (κ2) is 8.87. The lowest BCUT2D eigenvalue weighted by molar-refractivity contribution is -0.136. The van der Waals surface area contributed by atoms with Gasteiger partial charge >= 0.3 is 0 Å². The van der Waals surface area contributed by atoms with Gasteiger partial charge in [0.2, 0.25) is 5.91 Å². The standard InChI is InChI=1S/C27H30N4O2S/c1-5-22(26(32)29-13-14-30(18(3)16-29)20-10-8-9-17(2)15-20)31-27(33)24-21-11-6-7-12-23(21)34-25(24)19(4)28-31/h6-12,15,18,22H,5,13-14,16H2,1-4H3. The van der Waals surface area contributed by atoms with Crippen LogP contribution in [0, 0.1) is 13.8 Å². The van der Waals surface area contributed by atoms with Crippen LogP contribution in [-0.4, -0.2) is 46.3 Å². The molecule has 6 nitrogen and oxygen atoms in total. The third kappa shape index (κ3) is 3.78. The number of anilines is 1. The molecule has 3 heterocycles. The van der Waals surface area contributed by atoms with Gasteiger partial charge in [0, 0.05) is 41.4 Å². The molecular weight excluding hydrogens is 444 g/mol. The maximum absolute atomic E-state index is 13.7. The highest BCUT2D eigenvalue weighted by molar-refractivity contribution is 7.26. The van der Waals surface area contributed by atoms with Gasteiger partial charge in [0.05, 0.1) is 15.8 Å². The van der Waals surface area contributed by atoms with Crippen molar-refractivity contribution in [3.63, 3.8) is 0 Å². The first kappa shape index (κ1) is 22.6. The van der Waals surface area contributed by atoms with Gasteiger partial charge in [-0.1, -0.05) is 37.3 Å². The highest BCUT2D eigenvalue weighted by atomic mass is 32.1. The van der Waals surface area contributed by atoms with E-state index in [-0.39, 0.29) is 17.5 Å². The van der Waals surface area contributed by atoms with Gasteiger partial charge in [0.1, 0.15) is 6.04 Å². The van der Waals surface area contributed by atoms with E-state index in [2.05, 4.69) is 48.1 Å². The summed E-state index contributed by atoms with van der Waals surface area (Å²) in [6.45, 7) is 10.1. The minimum absolute atomic E-state index is 0.0221. The molecular formula is C27H30N4O2S. The first-order valence-electron chi connectivity index (χ1n) is 11.9. The van der Waals surface area contributed by atoms with Crippen LogP contribution in [0.5, 0.6) is 0 Å². The molecule has 2 aromatic heterocycles. The van der Waals surface area contributed by atoms with Crippen molar-refractivity contribution in [3.8, 4) is 0 Å². The zero-order chi connectivity index (χ0) is 24.0. The normalized spacial score (nSPS) is 17.5. The van der Waals surface area contributed by atoms with E-state index in [9.17, 15) is 9.59 Å². The molecule has 1 aliphatic heterocycles. The molecule has 0 N–H and O–H groups in total. The highest BCUT2D eigenvalue weighted by Crippen LogP contribution is 2.33. The fraction of sp³-hybridized carbons (Fsp3) is 0.370. The van der Waals surface area contributed by atoms with Crippen molar-refractivity contribution in [2.24, 2.45) is 0 Å². The van der Waals surface area contributed by atoms with Gasteiger partial charge in [-0.2, -0.15) is 5.10 Å². The Bertz CT molecular complexity index is 1440. The number of piperazine rings is 1. The van der Waals surface area contributed by atoms with Gasteiger partial charge in [0.15, 0.2) is 0 Å². The van der Waals surface area contributed by atoms with E-state index in [4.69, 9.17) is 0 Å². The Morgan fingerprint density at radius 1 is 1.15 bits per heavy atom. The number of hydrogen-bond donors (Lipinski definition) is 0. The lowest BCUT2D eigenvalue weighted by Gasteiger charge is -2.42. The van der Waals surface area contributed by atoms with Gasteiger partial charge < -0.3 is 9.80 Å². The summed E-state index contributed by atoms with van der Waals surface area (Å²) in [6, 6.07) is 16.0. The van der Waals surface area contributed by atoms with Crippen molar-refractivity contribution < 1.29 is 4.79 Å². The maximum atomic E-state index is 13.7. The van der Waals surface area contributed by atoms with Crippen molar-refractivity contribution in [3.05, 3.63) is 70.1 Å². The third-order valence-corrected chi connectivity index (χ3v) is 8.12. The Kier molecular flexibility index (Phi) is 5.90. The second-order valence-corrected chi connectivity index (χ2v) is 10.3. The molecule has 2 unspecified atom stereocenters. The summed E-state index contributed by atoms with van der Waals surface area (Å²) in [6.07, 6.45) is 0.519. The van der Waals surface area contributed by atoms with Gasteiger partial charge in [-0.15, -0.1) is 11.3 Å². The van der Waals surface area contributed by atoms with Crippen LogP contribution < -0.4 is 10.5 Å². The van der Waals surface area contributed by atoms with Crippen LogP contribution in [0.25, 0.3) is 20.2 Å². The average molecular weight is 475 g/mol. The van der Waals surface area contributed by atoms with Crippen LogP contribution in [0.15, 0.2) is 53.3 Å². The van der Waals surface area contributed by atoms with Gasteiger partial charge in [-0.05, 0) is 51.0 Å². The number of rotatable bonds is 4. The lowest BCUT2D eigenvalue weighted by Crippen LogP contribution is -2.55. The summed E-state index contributed by atoms with van der Waals surface area (Å²) in [5.41, 5.74) is 3.03. The molecule has 2 aromatic carbocycles. The van der Waals surface area contributed by atoms with E-state index in [0.717, 1.165) is 27.0 Å². The Labute approximate surface area is 203 Å². The fourth-order valence-corrected chi connectivity index (χ4v) is 6.24. The molecule has 0 bridgehead atoms. The molecule has 5 rings (SSSR count). The number of aryl methyl sites for hydroxylation is 2. The van der Waals surface area contributed by atoms with Crippen LogP contribution in [0.3, 0.4) is 0 Å². The van der Waals surface area contributed by atoms with Crippen molar-refractivity contribution in [1.29, 1.82) is 0 Å². The van der Waals surface area contributed by atoms with Gasteiger partial charge in [-0.25, -0.2) is 4.68 Å². The minimum Gasteiger partial charge on any atom is -0.365 e. The topological polar surface area (TPSA) is 58.4 Å². The number of aromatic nitrogens is 2. The summed E-state index contributed by atoms with van der Waals surface area (Å²) < 4.78 is 3.42. The van der Waals surface area contributed by atoms with Crippen LogP contribution in [-0.2, 0) is 4.79 Å². The molecule has 0 radical (unpaired) electrons. The lowest BCUT2D eigenvalue weighted by atomic mass is 10.1. The predicted octanol–water partition coefficient (Wildman–Crippen LogP) is 4.92. The zero-order valence-corrected chi connectivity index (χ0v) is 20.9. The molecule has 1 fully saturated rings. The van der Waals surface area contributed by atoms with Crippen molar-refractivity contribution in [1.82, 2.24) is 14.7 Å². The molecule has 34 heavy (non-hydrogen) atoms. The maximum Gasteiger partial charge on any atom is 0.276 e. The molecule has 1 aliphatic rings. The molecule has 1 saturated heterocycles. The molecule has 7 heteroatoms. The molecule has 4 aromatic rings. The SMILES string of the molecule is CCC(C(=O)N1CCN(c2cccc(C)c2)C(C)C1)n1nc(C)c2sc3ccccc3c2c1=O. The number of nitrogens with zero attached hydrogens (tertiary/aromatic N) is 4. The number of carbonyl (C=O) groups is 1. The van der Waals surface area contributed by atoms with E-state index >= 15 is 0 Å². The second-order valence-electron chi connectivity index (χ2n) is 9.23. The van der Waals surface area contributed by atoms with E-state index in [1.165, 1.54) is 15.9 Å². The average Bonchev–Trinajstić information content (AvgIpc) is 3.23. The van der Waals surface area contributed by atoms with Crippen LogP contribution in [0.4, 0.5) is 5.69 Å². The number of thiophene rings is 1. The Morgan fingerprint density at radius 3 is 2.68 bits per heavy atom. The van der Waals surface area contributed by atoms with Crippen LogP contribution in [0.2, 0.25) is 0 Å². The van der Waals surface area contributed by atoms with E-state index < -0.39 is 6.04 Å². The number of carbonyl (C=O) groups excluding carboxylic acids is 1. The monoisotopic (exact) mass is 474 g/mol. The molecule has 0 aliphatic carbocycles. The summed E-state index contributed by atoms with van der Waals surface area (Å²) >= 11 is 1.59. The molecule has 0 spiro atoms. The molecule has 2 atom stereocenters. The number of fused-ring (bicyclic) bond motifs is 3. The van der Waals surface area contributed by atoms with Crippen molar-refractivity contribution >= 4 is 43.1 Å². The number of hydrogen-bond acceptors (Lipinski definition) is 5. The Balaban J connectivity index is 1.45. The molecule has 176 valence electrons. The van der Waals surface area contributed by atoms with Crippen LogP contribution >= 0.6 is 11.3 Å². The largest absolute Gasteiger partial charge is 0.365 e. The molecule has 1 amide bonds. The van der Waals surface area contributed by atoms with Crippen molar-refractivity contribution in [2.45, 2.75) is 46.2 Å². The Hall–Kier alpha value is -3.19.